The summed E-state index contributed by atoms with van der Waals surface area (Å²) in [5.74, 6) is -0.654. The molecule has 118 valence electrons. The van der Waals surface area contributed by atoms with Crippen LogP contribution in [0.3, 0.4) is 0 Å². The molecule has 2 rings (SSSR count). The number of rotatable bonds is 4. The van der Waals surface area contributed by atoms with Crippen molar-refractivity contribution in [3.05, 3.63) is 24.3 Å². The predicted molar refractivity (Wildman–Crippen MR) is 77.7 cm³/mol. The average Bonchev–Trinajstić information content (AvgIpc) is 2.47. The van der Waals surface area contributed by atoms with Gasteiger partial charge in [-0.2, -0.15) is 4.31 Å². The van der Waals surface area contributed by atoms with E-state index in [1.807, 2.05) is 13.8 Å². The van der Waals surface area contributed by atoms with Crippen LogP contribution in [0.4, 0.5) is 4.39 Å². The molecule has 8 heteroatoms. The van der Waals surface area contributed by atoms with Gasteiger partial charge in [0.1, 0.15) is 10.7 Å². The maximum atomic E-state index is 13.2. The second-order valence-corrected chi connectivity index (χ2v) is 7.68. The fraction of sp³-hybridized carbons (Fsp3) is 0.615. The molecule has 0 radical (unpaired) electrons. The topological polar surface area (TPSA) is 79.5 Å². The highest BCUT2D eigenvalue weighted by atomic mass is 32.2. The van der Waals surface area contributed by atoms with E-state index in [-0.39, 0.29) is 10.4 Å². The molecule has 1 aromatic rings. The molecule has 0 bridgehead atoms. The van der Waals surface area contributed by atoms with E-state index in [1.54, 1.807) is 0 Å². The Morgan fingerprint density at radius 3 is 2.43 bits per heavy atom. The maximum Gasteiger partial charge on any atom is 0.244 e. The Bertz CT molecular complexity index is 598. The minimum Gasteiger partial charge on any atom is -0.329 e. The van der Waals surface area contributed by atoms with E-state index in [0.29, 0.717) is 32.7 Å². The van der Waals surface area contributed by atoms with Gasteiger partial charge in [0.2, 0.25) is 10.0 Å². The quantitative estimate of drug-likeness (QED) is 0.862. The third-order valence-electron chi connectivity index (χ3n) is 3.91. The third-order valence-corrected chi connectivity index (χ3v) is 5.78. The van der Waals surface area contributed by atoms with E-state index in [2.05, 4.69) is 9.88 Å². The van der Waals surface area contributed by atoms with Crippen LogP contribution in [-0.2, 0) is 10.0 Å². The number of nitrogens with two attached hydrogens (primary N) is 1. The minimum atomic E-state index is -3.69. The molecule has 1 fully saturated rings. The first-order valence-corrected chi connectivity index (χ1v) is 8.27. The molecule has 1 aromatic heterocycles. The van der Waals surface area contributed by atoms with Gasteiger partial charge in [-0.1, -0.05) is 0 Å². The van der Waals surface area contributed by atoms with Crippen LogP contribution in [-0.4, -0.2) is 60.9 Å². The van der Waals surface area contributed by atoms with Gasteiger partial charge < -0.3 is 5.73 Å². The molecule has 0 aliphatic carbocycles. The molecule has 2 heterocycles. The maximum absolute atomic E-state index is 13.2. The first kappa shape index (κ1) is 16.3. The molecule has 1 aliphatic rings. The molecular formula is C13H21FN4O2S. The van der Waals surface area contributed by atoms with Crippen molar-refractivity contribution < 1.29 is 12.8 Å². The summed E-state index contributed by atoms with van der Waals surface area (Å²) in [6, 6.07) is 0.999. The van der Waals surface area contributed by atoms with Gasteiger partial charge in [0.05, 0.1) is 6.20 Å². The first-order chi connectivity index (χ1) is 9.77. The number of aromatic nitrogens is 1. The highest BCUT2D eigenvalue weighted by molar-refractivity contribution is 7.89. The summed E-state index contributed by atoms with van der Waals surface area (Å²) in [6.45, 7) is 6.51. The van der Waals surface area contributed by atoms with Gasteiger partial charge in [-0.25, -0.2) is 12.8 Å². The van der Waals surface area contributed by atoms with Gasteiger partial charge in [0.25, 0.3) is 0 Å². The van der Waals surface area contributed by atoms with E-state index in [4.69, 9.17) is 5.73 Å². The molecule has 6 nitrogen and oxygen atoms in total. The Hall–Kier alpha value is -1.09. The molecule has 0 aromatic carbocycles. The van der Waals surface area contributed by atoms with E-state index in [0.717, 1.165) is 12.3 Å². The Kier molecular flexibility index (Phi) is 4.62. The lowest BCUT2D eigenvalue weighted by atomic mass is 10.0. The molecule has 0 amide bonds. The van der Waals surface area contributed by atoms with Crippen LogP contribution in [0.1, 0.15) is 13.8 Å². The number of sulfonamides is 1. The Morgan fingerprint density at radius 1 is 1.29 bits per heavy atom. The van der Waals surface area contributed by atoms with Crippen LogP contribution in [0, 0.1) is 5.82 Å². The number of halogens is 1. The van der Waals surface area contributed by atoms with E-state index in [1.165, 1.54) is 10.5 Å². The van der Waals surface area contributed by atoms with Gasteiger partial charge in [0.15, 0.2) is 0 Å². The third kappa shape index (κ3) is 3.39. The second kappa shape index (κ2) is 5.96. The zero-order valence-corrected chi connectivity index (χ0v) is 13.1. The first-order valence-electron chi connectivity index (χ1n) is 6.83. The van der Waals surface area contributed by atoms with Crippen molar-refractivity contribution in [3.63, 3.8) is 0 Å². The van der Waals surface area contributed by atoms with Crippen LogP contribution in [0.5, 0.6) is 0 Å². The van der Waals surface area contributed by atoms with Gasteiger partial charge in [-0.15, -0.1) is 0 Å². The zero-order valence-electron chi connectivity index (χ0n) is 12.3. The molecule has 0 atom stereocenters. The van der Waals surface area contributed by atoms with Crippen LogP contribution >= 0.6 is 0 Å². The van der Waals surface area contributed by atoms with Crippen molar-refractivity contribution in [2.75, 3.05) is 32.7 Å². The number of pyridine rings is 1. The Labute approximate surface area is 124 Å². The van der Waals surface area contributed by atoms with Gasteiger partial charge in [0, 0.05) is 44.5 Å². The van der Waals surface area contributed by atoms with Crippen LogP contribution in [0.15, 0.2) is 23.4 Å². The van der Waals surface area contributed by atoms with Gasteiger partial charge in [-0.3, -0.25) is 9.88 Å². The molecule has 0 saturated carbocycles. The highest BCUT2D eigenvalue weighted by Crippen LogP contribution is 2.21. The molecule has 21 heavy (non-hydrogen) atoms. The van der Waals surface area contributed by atoms with Crippen molar-refractivity contribution in [1.82, 2.24) is 14.2 Å². The molecular weight excluding hydrogens is 295 g/mol. The molecule has 1 saturated heterocycles. The van der Waals surface area contributed by atoms with Crippen LogP contribution in [0.25, 0.3) is 0 Å². The number of hydrogen-bond acceptors (Lipinski definition) is 5. The van der Waals surface area contributed by atoms with Crippen LogP contribution in [0.2, 0.25) is 0 Å². The molecule has 0 spiro atoms. The second-order valence-electron chi connectivity index (χ2n) is 5.75. The fourth-order valence-electron chi connectivity index (χ4n) is 2.35. The highest BCUT2D eigenvalue weighted by Gasteiger charge is 2.33. The summed E-state index contributed by atoms with van der Waals surface area (Å²) in [5, 5.41) is 0. The summed E-state index contributed by atoms with van der Waals surface area (Å²) in [7, 11) is -3.69. The number of nitrogens with zero attached hydrogens (tertiary/aromatic N) is 3. The molecule has 0 unspecified atom stereocenters. The summed E-state index contributed by atoms with van der Waals surface area (Å²) >= 11 is 0. The summed E-state index contributed by atoms with van der Waals surface area (Å²) < 4.78 is 39.4. The van der Waals surface area contributed by atoms with Gasteiger partial charge >= 0.3 is 0 Å². The summed E-state index contributed by atoms with van der Waals surface area (Å²) in [5.41, 5.74) is 5.59. The standard InChI is InChI=1S/C13H21FN4O2S/c1-13(2,10-15)17-3-5-18(6-4-17)21(19,20)12-7-11(14)8-16-9-12/h7-9H,3-6,10,15H2,1-2H3. The lowest BCUT2D eigenvalue weighted by molar-refractivity contribution is 0.0850. The number of piperazine rings is 1. The van der Waals surface area contributed by atoms with Crippen molar-refractivity contribution in [1.29, 1.82) is 0 Å². The van der Waals surface area contributed by atoms with Crippen molar-refractivity contribution in [3.8, 4) is 0 Å². The van der Waals surface area contributed by atoms with Crippen molar-refractivity contribution >= 4 is 10.0 Å². The normalized spacial score (nSPS) is 18.9. The minimum absolute atomic E-state index is 0.103. The fourth-order valence-corrected chi connectivity index (χ4v) is 3.74. The SMILES string of the molecule is CC(C)(CN)N1CCN(S(=O)(=O)c2cncc(F)c2)CC1. The van der Waals surface area contributed by atoms with E-state index >= 15 is 0 Å². The molecule has 2 N–H and O–H groups in total. The number of hydrogen-bond donors (Lipinski definition) is 1. The lowest BCUT2D eigenvalue weighted by Gasteiger charge is -2.43. The molecule has 1 aliphatic heterocycles. The smallest absolute Gasteiger partial charge is 0.244 e. The predicted octanol–water partition coefficient (Wildman–Crippen LogP) is 0.264. The zero-order chi connectivity index (χ0) is 15.7. The van der Waals surface area contributed by atoms with E-state index in [9.17, 15) is 12.8 Å². The monoisotopic (exact) mass is 316 g/mol. The van der Waals surface area contributed by atoms with Crippen molar-refractivity contribution in [2.45, 2.75) is 24.3 Å². The Balaban J connectivity index is 2.11. The average molecular weight is 316 g/mol. The summed E-state index contributed by atoms with van der Waals surface area (Å²) in [6.07, 6.45) is 2.16. The van der Waals surface area contributed by atoms with E-state index < -0.39 is 15.8 Å². The lowest BCUT2D eigenvalue weighted by Crippen LogP contribution is -2.58. The van der Waals surface area contributed by atoms with Crippen LogP contribution < -0.4 is 5.73 Å². The largest absolute Gasteiger partial charge is 0.329 e. The summed E-state index contributed by atoms with van der Waals surface area (Å²) in [4.78, 5) is 5.67. The Morgan fingerprint density at radius 2 is 1.90 bits per heavy atom. The van der Waals surface area contributed by atoms with Crippen molar-refractivity contribution in [2.24, 2.45) is 5.73 Å². The van der Waals surface area contributed by atoms with Gasteiger partial charge in [-0.05, 0) is 19.9 Å².